The molecule has 0 heterocycles. The maximum atomic E-state index is 11.9. The van der Waals surface area contributed by atoms with E-state index in [2.05, 4.69) is 18.2 Å². The minimum Gasteiger partial charge on any atom is -0.466 e. The van der Waals surface area contributed by atoms with Crippen molar-refractivity contribution in [2.75, 3.05) is 7.11 Å². The number of methoxy groups -OCH3 is 1. The summed E-state index contributed by atoms with van der Waals surface area (Å²) in [5, 5.41) is 12.1. The largest absolute Gasteiger partial charge is 0.466 e. The Morgan fingerprint density at radius 3 is 2.83 bits per heavy atom. The molecule has 0 saturated carbocycles. The Kier molecular flexibility index (Phi) is 4.74. The zero-order chi connectivity index (χ0) is 16.2. The van der Waals surface area contributed by atoms with Gasteiger partial charge in [0.05, 0.1) is 31.5 Å². The Morgan fingerprint density at radius 2 is 2.00 bits per heavy atom. The molecule has 120 valence electrons. The molecule has 2 aromatic carbocycles. The molecule has 0 aromatic heterocycles. The lowest BCUT2D eigenvalue weighted by Gasteiger charge is -2.26. The number of aliphatic hydroxyl groups is 1. The van der Waals surface area contributed by atoms with Crippen LogP contribution in [0.2, 0.25) is 0 Å². The van der Waals surface area contributed by atoms with Gasteiger partial charge in [0.15, 0.2) is 0 Å². The van der Waals surface area contributed by atoms with Crippen molar-refractivity contribution >= 4 is 16.7 Å². The highest BCUT2D eigenvalue weighted by atomic mass is 16.5. The highest BCUT2D eigenvalue weighted by molar-refractivity contribution is 5.89. The van der Waals surface area contributed by atoms with Crippen molar-refractivity contribution < 1.29 is 19.4 Å². The second-order valence-corrected chi connectivity index (χ2v) is 5.71. The maximum absolute atomic E-state index is 11.9. The van der Waals surface area contributed by atoms with Gasteiger partial charge in [-0.05, 0) is 22.8 Å². The van der Waals surface area contributed by atoms with Crippen LogP contribution in [0.3, 0.4) is 0 Å². The fourth-order valence-electron chi connectivity index (χ4n) is 2.96. The van der Waals surface area contributed by atoms with E-state index >= 15 is 0 Å². The quantitative estimate of drug-likeness (QED) is 0.882. The van der Waals surface area contributed by atoms with Crippen LogP contribution in [0.5, 0.6) is 0 Å². The molecule has 3 rings (SSSR count). The Morgan fingerprint density at radius 1 is 1.22 bits per heavy atom. The van der Waals surface area contributed by atoms with Crippen LogP contribution >= 0.6 is 0 Å². The van der Waals surface area contributed by atoms with Gasteiger partial charge in [-0.2, -0.15) is 0 Å². The molecule has 2 aromatic rings. The Labute approximate surface area is 135 Å². The van der Waals surface area contributed by atoms with E-state index in [1.165, 1.54) is 7.11 Å². The molecular formula is C19H20O4. The first-order valence-corrected chi connectivity index (χ1v) is 7.73. The summed E-state index contributed by atoms with van der Waals surface area (Å²) in [4.78, 5) is 11.9. The number of carbonyl (C=O) groups is 1. The molecule has 0 saturated heterocycles. The van der Waals surface area contributed by atoms with Gasteiger partial charge in [0.2, 0.25) is 0 Å². The second-order valence-electron chi connectivity index (χ2n) is 5.71. The molecule has 0 unspecified atom stereocenters. The lowest BCUT2D eigenvalue weighted by Crippen LogP contribution is -2.30. The molecule has 0 radical (unpaired) electrons. The molecule has 4 nitrogen and oxygen atoms in total. The maximum Gasteiger partial charge on any atom is 0.336 e. The monoisotopic (exact) mass is 312 g/mol. The molecule has 0 bridgehead atoms. The average Bonchev–Trinajstić information content (AvgIpc) is 2.59. The Balaban J connectivity index is 1.79. The first-order chi connectivity index (χ1) is 11.2. The standard InChI is InChI=1S/C19H20O4/c1-22-19(21)17-10-9-15(20)11-18(17)23-12-14-7-4-6-13-5-2-3-8-16(13)14/h2-8,10,15,18,20H,9,11-12H2,1H3/t15-,18+/m1/s1. The number of benzene rings is 2. The van der Waals surface area contributed by atoms with Gasteiger partial charge in [0.1, 0.15) is 0 Å². The molecular weight excluding hydrogens is 292 g/mol. The third-order valence-electron chi connectivity index (χ3n) is 4.18. The van der Waals surface area contributed by atoms with Gasteiger partial charge in [0.25, 0.3) is 0 Å². The number of rotatable bonds is 4. The summed E-state index contributed by atoms with van der Waals surface area (Å²) in [6.07, 6.45) is 1.66. The third-order valence-corrected chi connectivity index (χ3v) is 4.18. The molecule has 1 aliphatic carbocycles. The predicted octanol–water partition coefficient (Wildman–Crippen LogP) is 2.98. The van der Waals surface area contributed by atoms with Gasteiger partial charge >= 0.3 is 5.97 Å². The summed E-state index contributed by atoms with van der Waals surface area (Å²) in [7, 11) is 1.36. The lowest BCUT2D eigenvalue weighted by molar-refractivity contribution is -0.138. The van der Waals surface area contributed by atoms with Crippen molar-refractivity contribution in [1.29, 1.82) is 0 Å². The van der Waals surface area contributed by atoms with Gasteiger partial charge in [0, 0.05) is 6.42 Å². The van der Waals surface area contributed by atoms with Crippen molar-refractivity contribution in [2.45, 2.75) is 31.7 Å². The van der Waals surface area contributed by atoms with Crippen molar-refractivity contribution in [1.82, 2.24) is 0 Å². The molecule has 0 spiro atoms. The number of hydrogen-bond acceptors (Lipinski definition) is 4. The van der Waals surface area contributed by atoms with E-state index in [1.807, 2.05) is 24.3 Å². The first kappa shape index (κ1) is 15.7. The van der Waals surface area contributed by atoms with Crippen molar-refractivity contribution in [3.05, 3.63) is 59.7 Å². The molecule has 0 amide bonds. The number of fused-ring (bicyclic) bond motifs is 1. The minimum absolute atomic E-state index is 0.382. The number of hydrogen-bond donors (Lipinski definition) is 1. The Hall–Kier alpha value is -2.17. The lowest BCUT2D eigenvalue weighted by atomic mass is 9.94. The molecule has 0 aliphatic heterocycles. The number of carbonyl (C=O) groups excluding carboxylic acids is 1. The van der Waals surface area contributed by atoms with Gasteiger partial charge in [-0.1, -0.05) is 48.5 Å². The summed E-state index contributed by atoms with van der Waals surface area (Å²) in [5.74, 6) is -0.389. The third kappa shape index (κ3) is 3.44. The summed E-state index contributed by atoms with van der Waals surface area (Å²) in [6.45, 7) is 0.382. The second kappa shape index (κ2) is 6.94. The van der Waals surface area contributed by atoms with E-state index in [9.17, 15) is 9.90 Å². The van der Waals surface area contributed by atoms with Crippen LogP contribution in [-0.2, 0) is 20.9 Å². The number of aliphatic hydroxyl groups excluding tert-OH is 1. The topological polar surface area (TPSA) is 55.8 Å². The van der Waals surface area contributed by atoms with Gasteiger partial charge in [-0.25, -0.2) is 4.79 Å². The van der Waals surface area contributed by atoms with E-state index in [0.29, 0.717) is 25.0 Å². The van der Waals surface area contributed by atoms with E-state index in [-0.39, 0.29) is 5.97 Å². The van der Waals surface area contributed by atoms with Crippen LogP contribution in [0.1, 0.15) is 18.4 Å². The van der Waals surface area contributed by atoms with Crippen molar-refractivity contribution in [3.63, 3.8) is 0 Å². The van der Waals surface area contributed by atoms with E-state index in [1.54, 1.807) is 6.08 Å². The first-order valence-electron chi connectivity index (χ1n) is 7.73. The fourth-order valence-corrected chi connectivity index (χ4v) is 2.96. The van der Waals surface area contributed by atoms with E-state index in [4.69, 9.17) is 9.47 Å². The number of esters is 1. The average molecular weight is 312 g/mol. The fraction of sp³-hybridized carbons (Fsp3) is 0.316. The molecule has 23 heavy (non-hydrogen) atoms. The van der Waals surface area contributed by atoms with E-state index < -0.39 is 12.2 Å². The summed E-state index contributed by atoms with van der Waals surface area (Å²) >= 11 is 0. The van der Waals surface area contributed by atoms with E-state index in [0.717, 1.165) is 16.3 Å². The highest BCUT2D eigenvalue weighted by Crippen LogP contribution is 2.26. The van der Waals surface area contributed by atoms with Crippen LogP contribution in [0, 0.1) is 0 Å². The SMILES string of the molecule is COC(=O)C1=CC[C@@H](O)C[C@@H]1OCc1cccc2ccccc12. The summed E-state index contributed by atoms with van der Waals surface area (Å²) in [5.41, 5.74) is 1.56. The smallest absolute Gasteiger partial charge is 0.336 e. The summed E-state index contributed by atoms with van der Waals surface area (Å²) < 4.78 is 10.8. The molecule has 0 fully saturated rings. The predicted molar refractivity (Wildman–Crippen MR) is 87.9 cm³/mol. The van der Waals surface area contributed by atoms with Crippen LogP contribution in [0.15, 0.2) is 54.1 Å². The van der Waals surface area contributed by atoms with Crippen LogP contribution in [0.25, 0.3) is 10.8 Å². The molecule has 1 N–H and O–H groups in total. The van der Waals surface area contributed by atoms with Gasteiger partial charge in [-0.15, -0.1) is 0 Å². The zero-order valence-corrected chi connectivity index (χ0v) is 13.1. The molecule has 1 aliphatic rings. The normalized spacial score (nSPS) is 21.0. The summed E-state index contributed by atoms with van der Waals surface area (Å²) in [6, 6.07) is 14.2. The van der Waals surface area contributed by atoms with Crippen LogP contribution < -0.4 is 0 Å². The molecule has 4 heteroatoms. The van der Waals surface area contributed by atoms with Crippen LogP contribution in [0.4, 0.5) is 0 Å². The minimum atomic E-state index is -0.485. The van der Waals surface area contributed by atoms with Gasteiger partial charge < -0.3 is 14.6 Å². The van der Waals surface area contributed by atoms with Crippen molar-refractivity contribution in [2.24, 2.45) is 0 Å². The zero-order valence-electron chi connectivity index (χ0n) is 13.1. The molecule has 2 atom stereocenters. The highest BCUT2D eigenvalue weighted by Gasteiger charge is 2.29. The Bertz CT molecular complexity index is 730. The number of ether oxygens (including phenoxy) is 2. The van der Waals surface area contributed by atoms with Crippen LogP contribution in [-0.4, -0.2) is 30.4 Å². The van der Waals surface area contributed by atoms with Gasteiger partial charge in [-0.3, -0.25) is 0 Å². The van der Waals surface area contributed by atoms with Crippen molar-refractivity contribution in [3.8, 4) is 0 Å².